The molecular weight excluding hydrogens is 263 g/mol. The van der Waals surface area contributed by atoms with Gasteiger partial charge in [-0.3, -0.25) is 0 Å². The maximum atomic E-state index is 2.30. The summed E-state index contributed by atoms with van der Waals surface area (Å²) in [4.78, 5) is 4.59. The Morgan fingerprint density at radius 2 is 0.923 bits per heavy atom. The minimum atomic E-state index is 0.230. The molecule has 1 heteroatoms. The molecule has 0 nitrogen and oxygen atoms in total. The molecule has 0 N–H and O–H groups in total. The van der Waals surface area contributed by atoms with Crippen molar-refractivity contribution in [3.05, 3.63) is 48.5 Å². The third-order valence-electron chi connectivity index (χ3n) is 1.66. The molecule has 0 saturated carbocycles. The average molecular weight is 277 g/mol. The Morgan fingerprint density at radius 3 is 1.15 bits per heavy atom. The van der Waals surface area contributed by atoms with E-state index < -0.39 is 0 Å². The van der Waals surface area contributed by atoms with Crippen LogP contribution in [0.15, 0.2) is 48.5 Å². The van der Waals surface area contributed by atoms with Crippen LogP contribution >= 0.6 is 0 Å². The molecule has 0 fully saturated rings. The van der Waals surface area contributed by atoms with Gasteiger partial charge in [0.1, 0.15) is 0 Å². The summed E-state index contributed by atoms with van der Waals surface area (Å²) >= 11 is 0.230. The molecule has 0 aliphatic carbocycles. The zero-order valence-electron chi connectivity index (χ0n) is 8.12. The predicted molar refractivity (Wildman–Crippen MR) is 61.4 cm³/mol. The molecule has 0 atom stereocenters. The predicted octanol–water partition coefficient (Wildman–Crippen LogP) is 3.63. The fourth-order valence-electron chi connectivity index (χ4n) is 1.13. The normalized spacial score (nSPS) is 9.08. The monoisotopic (exact) mass is 278 g/mol. The first-order valence-electron chi connectivity index (χ1n) is 4.40. The Hall–Kier alpha value is -0.501. The van der Waals surface area contributed by atoms with Crippen LogP contribution in [0.1, 0.15) is 0 Å². The van der Waals surface area contributed by atoms with Crippen LogP contribution in [-0.4, -0.2) is 21.1 Å². The van der Waals surface area contributed by atoms with E-state index in [1.807, 2.05) is 0 Å². The van der Waals surface area contributed by atoms with Crippen molar-refractivity contribution in [1.29, 1.82) is 0 Å². The van der Waals surface area contributed by atoms with Gasteiger partial charge in [-0.2, -0.15) is 0 Å². The average Bonchev–Trinajstić information content (AvgIpc) is 2.19. The van der Waals surface area contributed by atoms with Crippen LogP contribution in [0.5, 0.6) is 0 Å². The molecule has 0 aromatic heterocycles. The van der Waals surface area contributed by atoms with Gasteiger partial charge in [-0.1, -0.05) is 48.5 Å². The molecule has 66 valence electrons. The van der Waals surface area contributed by atoms with Crippen molar-refractivity contribution in [1.82, 2.24) is 0 Å². The minimum Gasteiger partial charge on any atom is -0.0616 e. The molecule has 0 aliphatic heterocycles. The molecular formula is C12H14Sn. The Bertz CT molecular complexity index is 289. The van der Waals surface area contributed by atoms with Crippen molar-refractivity contribution >= 4 is 31.9 Å². The molecule has 13 heavy (non-hydrogen) atoms. The van der Waals surface area contributed by atoms with E-state index in [2.05, 4.69) is 58.4 Å². The third kappa shape index (κ3) is 3.39. The second kappa shape index (κ2) is 6.03. The number of benzene rings is 2. The van der Waals surface area contributed by atoms with E-state index in [-0.39, 0.29) is 21.1 Å². The molecule has 2 rings (SSSR count). The van der Waals surface area contributed by atoms with Crippen molar-refractivity contribution in [3.63, 3.8) is 0 Å². The van der Waals surface area contributed by atoms with Crippen LogP contribution in [0, 0.1) is 0 Å². The smallest absolute Gasteiger partial charge is 0.0184 e. The second-order valence-electron chi connectivity index (χ2n) is 2.85. The van der Waals surface area contributed by atoms with Crippen LogP contribution < -0.4 is 0 Å². The van der Waals surface area contributed by atoms with Crippen molar-refractivity contribution in [2.24, 2.45) is 0 Å². The largest absolute Gasteiger partial charge is 0.0616 e. The summed E-state index contributed by atoms with van der Waals surface area (Å²) in [5, 5.41) is 2.62. The molecule has 2 radical (unpaired) electrons. The Kier molecular flexibility index (Phi) is 4.91. The van der Waals surface area contributed by atoms with E-state index in [0.29, 0.717) is 0 Å². The first kappa shape index (κ1) is 10.6. The minimum absolute atomic E-state index is 0.230. The van der Waals surface area contributed by atoms with Crippen molar-refractivity contribution < 1.29 is 0 Å². The number of rotatable bonds is 0. The van der Waals surface area contributed by atoms with E-state index in [0.717, 1.165) is 0 Å². The summed E-state index contributed by atoms with van der Waals surface area (Å²) in [7, 11) is 0. The molecule has 2 aromatic rings. The summed E-state index contributed by atoms with van der Waals surface area (Å²) in [6.45, 7) is 0. The van der Waals surface area contributed by atoms with Gasteiger partial charge in [-0.25, -0.2) is 0 Å². The maximum absolute atomic E-state index is 2.30. The quantitative estimate of drug-likeness (QED) is 0.645. The molecule has 0 spiro atoms. The van der Waals surface area contributed by atoms with E-state index in [9.17, 15) is 0 Å². The van der Waals surface area contributed by atoms with Crippen molar-refractivity contribution in [2.45, 2.75) is 9.88 Å². The fraction of sp³-hybridized carbons (Fsp3) is 0.167. The van der Waals surface area contributed by atoms with Crippen LogP contribution in [0.3, 0.4) is 0 Å². The van der Waals surface area contributed by atoms with Gasteiger partial charge in [0.05, 0.1) is 0 Å². The van der Waals surface area contributed by atoms with Crippen molar-refractivity contribution in [3.8, 4) is 0 Å². The Labute approximate surface area is 90.2 Å². The zero-order chi connectivity index (χ0) is 9.52. The topological polar surface area (TPSA) is 0 Å². The number of hydrogen-bond acceptors (Lipinski definition) is 0. The van der Waals surface area contributed by atoms with E-state index >= 15 is 0 Å². The van der Waals surface area contributed by atoms with Gasteiger partial charge < -0.3 is 0 Å². The Morgan fingerprint density at radius 1 is 0.692 bits per heavy atom. The third-order valence-corrected chi connectivity index (χ3v) is 1.66. The standard InChI is InChI=1S/C10H8.2CH3.Sn/c1-2-6-10-8-4-3-7-9(10)5-1;;;/h1-8H;2*1H3;. The molecule has 2 aromatic carbocycles. The van der Waals surface area contributed by atoms with Gasteiger partial charge in [-0.05, 0) is 10.8 Å². The number of fused-ring (bicyclic) bond motifs is 1. The molecule has 0 bridgehead atoms. The van der Waals surface area contributed by atoms with Gasteiger partial charge in [0.15, 0.2) is 0 Å². The first-order chi connectivity index (χ1) is 6.38. The fourth-order valence-corrected chi connectivity index (χ4v) is 1.13. The summed E-state index contributed by atoms with van der Waals surface area (Å²) in [6.07, 6.45) is 0. The van der Waals surface area contributed by atoms with Gasteiger partial charge >= 0.3 is 31.0 Å². The van der Waals surface area contributed by atoms with Gasteiger partial charge in [-0.15, -0.1) is 0 Å². The summed E-state index contributed by atoms with van der Waals surface area (Å²) in [6, 6.07) is 16.7. The second-order valence-corrected chi connectivity index (χ2v) is 5.70. The van der Waals surface area contributed by atoms with Crippen LogP contribution in [0.2, 0.25) is 9.88 Å². The van der Waals surface area contributed by atoms with E-state index in [1.54, 1.807) is 0 Å². The number of hydrogen-bond donors (Lipinski definition) is 0. The molecule has 0 heterocycles. The van der Waals surface area contributed by atoms with Gasteiger partial charge in [0.25, 0.3) is 0 Å². The molecule has 0 aliphatic rings. The Balaban J connectivity index is 0.000000251. The summed E-state index contributed by atoms with van der Waals surface area (Å²) in [5.41, 5.74) is 0. The first-order valence-corrected chi connectivity index (χ1v) is 10.1. The SMILES string of the molecule is [CH3][Sn][CH3].c1ccc2ccccc2c1. The summed E-state index contributed by atoms with van der Waals surface area (Å²) in [5.74, 6) is 0. The van der Waals surface area contributed by atoms with Crippen LogP contribution in [0.25, 0.3) is 10.8 Å². The molecule has 0 amide bonds. The van der Waals surface area contributed by atoms with Gasteiger partial charge in [0, 0.05) is 0 Å². The van der Waals surface area contributed by atoms with Gasteiger partial charge in [0.2, 0.25) is 0 Å². The van der Waals surface area contributed by atoms with Crippen LogP contribution in [-0.2, 0) is 0 Å². The van der Waals surface area contributed by atoms with E-state index in [4.69, 9.17) is 0 Å². The summed E-state index contributed by atoms with van der Waals surface area (Å²) < 4.78 is 0. The molecule has 0 unspecified atom stereocenters. The maximum Gasteiger partial charge on any atom is -0.0184 e. The van der Waals surface area contributed by atoms with Crippen molar-refractivity contribution in [2.75, 3.05) is 0 Å². The zero-order valence-corrected chi connectivity index (χ0v) is 11.0. The molecule has 0 saturated heterocycles. The van der Waals surface area contributed by atoms with E-state index in [1.165, 1.54) is 10.8 Å². The van der Waals surface area contributed by atoms with Crippen LogP contribution in [0.4, 0.5) is 0 Å².